The van der Waals surface area contributed by atoms with Crippen LogP contribution in [0.5, 0.6) is 0 Å². The van der Waals surface area contributed by atoms with Gasteiger partial charge in [-0.3, -0.25) is 9.59 Å². The van der Waals surface area contributed by atoms with E-state index < -0.39 is 0 Å². The summed E-state index contributed by atoms with van der Waals surface area (Å²) in [5.41, 5.74) is 5.39. The summed E-state index contributed by atoms with van der Waals surface area (Å²) in [4.78, 5) is 23.8. The van der Waals surface area contributed by atoms with Gasteiger partial charge in [-0.15, -0.1) is 5.73 Å². The third-order valence-corrected chi connectivity index (χ3v) is 4.22. The minimum atomic E-state index is -0.0495. The zero-order valence-electron chi connectivity index (χ0n) is 15.0. The second kappa shape index (κ2) is 10.5. The molecule has 0 heterocycles. The average molecular weight is 340 g/mol. The Kier molecular flexibility index (Phi) is 8.00. The van der Waals surface area contributed by atoms with Gasteiger partial charge in [-0.25, -0.2) is 0 Å². The molecule has 0 spiro atoms. The largest absolute Gasteiger partial charge is 0.355 e. The quantitative estimate of drug-likeness (QED) is 0.506. The summed E-state index contributed by atoms with van der Waals surface area (Å²) in [6.45, 7) is 3.08. The van der Waals surface area contributed by atoms with Crippen LogP contribution in [0.2, 0.25) is 0 Å². The number of hydrogen-bond donors (Lipinski definition) is 2. The standard InChI is InChI=1S/C21H28N2O2/c1-2-3-4-5-9-12-18-15-19(18)21(25)22-14-13-20(24)23-16-17-10-7-6-8-11-17/h6-11,19H,2-5,13-16H2,1H3,(H,22,25)(H,23,24)/t12?,19-/m0/s1. The fourth-order valence-corrected chi connectivity index (χ4v) is 2.58. The van der Waals surface area contributed by atoms with E-state index in [-0.39, 0.29) is 17.7 Å². The minimum absolute atomic E-state index is 0.0142. The zero-order valence-corrected chi connectivity index (χ0v) is 15.0. The fraction of sp³-hybridized carbons (Fsp3) is 0.476. The summed E-state index contributed by atoms with van der Waals surface area (Å²) in [5, 5.41) is 5.70. The molecule has 0 aliphatic heterocycles. The summed E-state index contributed by atoms with van der Waals surface area (Å²) in [7, 11) is 0. The van der Waals surface area contributed by atoms with Crippen molar-refractivity contribution in [3.8, 4) is 0 Å². The number of rotatable bonds is 10. The van der Waals surface area contributed by atoms with Crippen molar-refractivity contribution in [2.45, 2.75) is 52.0 Å². The van der Waals surface area contributed by atoms with Gasteiger partial charge in [0, 0.05) is 19.5 Å². The first-order chi connectivity index (χ1) is 12.2. The number of nitrogens with one attached hydrogen (secondary N) is 2. The molecule has 1 aliphatic rings. The smallest absolute Gasteiger partial charge is 0.228 e. The molecular weight excluding hydrogens is 312 g/mol. The van der Waals surface area contributed by atoms with Gasteiger partial charge in [0.15, 0.2) is 0 Å². The van der Waals surface area contributed by atoms with Crippen LogP contribution in [0, 0.1) is 5.92 Å². The normalized spacial score (nSPS) is 15.2. The van der Waals surface area contributed by atoms with Gasteiger partial charge in [-0.1, -0.05) is 50.1 Å². The molecule has 0 aromatic heterocycles. The topological polar surface area (TPSA) is 58.2 Å². The van der Waals surface area contributed by atoms with Gasteiger partial charge < -0.3 is 10.6 Å². The van der Waals surface area contributed by atoms with E-state index in [2.05, 4.69) is 29.4 Å². The van der Waals surface area contributed by atoms with Gasteiger partial charge >= 0.3 is 0 Å². The Hall–Kier alpha value is -2.32. The zero-order chi connectivity index (χ0) is 17.9. The van der Waals surface area contributed by atoms with Crippen molar-refractivity contribution in [1.82, 2.24) is 10.6 Å². The number of unbranched alkanes of at least 4 members (excludes halogenated alkanes) is 3. The molecule has 1 aliphatic carbocycles. The highest BCUT2D eigenvalue weighted by Gasteiger charge is 2.36. The van der Waals surface area contributed by atoms with Crippen molar-refractivity contribution in [1.29, 1.82) is 0 Å². The lowest BCUT2D eigenvalue weighted by molar-refractivity contribution is -0.122. The molecule has 0 bridgehead atoms. The number of carbonyl (C=O) groups is 2. The van der Waals surface area contributed by atoms with Crippen LogP contribution in [0.4, 0.5) is 0 Å². The second-order valence-corrected chi connectivity index (χ2v) is 6.43. The summed E-state index contributed by atoms with van der Waals surface area (Å²) in [6, 6.07) is 9.78. The Labute approximate surface area is 150 Å². The van der Waals surface area contributed by atoms with E-state index in [1.807, 2.05) is 30.3 Å². The Bertz CT molecular complexity index is 631. The molecule has 1 aromatic carbocycles. The number of benzene rings is 1. The van der Waals surface area contributed by atoms with Crippen molar-refractivity contribution >= 4 is 11.8 Å². The van der Waals surface area contributed by atoms with Gasteiger partial charge in [0.25, 0.3) is 0 Å². The van der Waals surface area contributed by atoms with Crippen LogP contribution in [0.1, 0.15) is 51.0 Å². The van der Waals surface area contributed by atoms with E-state index in [9.17, 15) is 9.59 Å². The van der Waals surface area contributed by atoms with Gasteiger partial charge in [0.05, 0.1) is 5.92 Å². The van der Waals surface area contributed by atoms with Crippen molar-refractivity contribution in [2.24, 2.45) is 5.92 Å². The molecule has 25 heavy (non-hydrogen) atoms. The summed E-state index contributed by atoms with van der Waals surface area (Å²) < 4.78 is 0. The SMILES string of the molecule is CCCCCC=C=C1C[C@@H]1C(=O)NCCC(=O)NCc1ccccc1. The number of carbonyl (C=O) groups excluding carboxylic acids is 2. The molecule has 2 amide bonds. The molecule has 1 saturated carbocycles. The van der Waals surface area contributed by atoms with E-state index in [1.165, 1.54) is 19.3 Å². The molecule has 2 N–H and O–H groups in total. The molecule has 4 heteroatoms. The first kappa shape index (κ1) is 19.0. The third kappa shape index (κ3) is 7.40. The van der Waals surface area contributed by atoms with E-state index in [0.29, 0.717) is 19.5 Å². The molecule has 4 nitrogen and oxygen atoms in total. The van der Waals surface area contributed by atoms with Gasteiger partial charge in [-0.05, 0) is 36.5 Å². The van der Waals surface area contributed by atoms with Gasteiger partial charge in [-0.2, -0.15) is 0 Å². The Morgan fingerprint density at radius 3 is 2.76 bits per heavy atom. The van der Waals surface area contributed by atoms with Crippen molar-refractivity contribution in [3.63, 3.8) is 0 Å². The van der Waals surface area contributed by atoms with E-state index in [0.717, 1.165) is 24.0 Å². The van der Waals surface area contributed by atoms with Crippen molar-refractivity contribution in [3.05, 3.63) is 53.3 Å². The monoisotopic (exact) mass is 340 g/mol. The highest BCUT2D eigenvalue weighted by Crippen LogP contribution is 2.36. The van der Waals surface area contributed by atoms with Gasteiger partial charge in [0.2, 0.25) is 11.8 Å². The Balaban J connectivity index is 1.58. The predicted molar refractivity (Wildman–Crippen MR) is 99.8 cm³/mol. The van der Waals surface area contributed by atoms with Crippen LogP contribution in [0.3, 0.4) is 0 Å². The van der Waals surface area contributed by atoms with Crippen LogP contribution in [-0.2, 0) is 16.1 Å². The van der Waals surface area contributed by atoms with Crippen LogP contribution in [0.25, 0.3) is 0 Å². The van der Waals surface area contributed by atoms with Crippen molar-refractivity contribution in [2.75, 3.05) is 6.54 Å². The molecule has 1 fully saturated rings. The minimum Gasteiger partial charge on any atom is -0.355 e. The molecule has 0 radical (unpaired) electrons. The van der Waals surface area contributed by atoms with Crippen molar-refractivity contribution < 1.29 is 9.59 Å². The molecule has 1 aromatic rings. The number of hydrogen-bond acceptors (Lipinski definition) is 2. The average Bonchev–Trinajstić information content (AvgIpc) is 3.40. The Morgan fingerprint density at radius 1 is 1.20 bits per heavy atom. The Morgan fingerprint density at radius 2 is 2.00 bits per heavy atom. The maximum atomic E-state index is 12.0. The predicted octanol–water partition coefficient (Wildman–Crippen LogP) is 3.49. The van der Waals surface area contributed by atoms with Crippen LogP contribution < -0.4 is 10.6 Å². The van der Waals surface area contributed by atoms with Crippen LogP contribution >= 0.6 is 0 Å². The van der Waals surface area contributed by atoms with E-state index >= 15 is 0 Å². The lowest BCUT2D eigenvalue weighted by Crippen LogP contribution is -2.31. The molecule has 0 saturated heterocycles. The maximum absolute atomic E-state index is 12.0. The lowest BCUT2D eigenvalue weighted by atomic mass is 10.2. The fourth-order valence-electron chi connectivity index (χ4n) is 2.58. The summed E-state index contributed by atoms with van der Waals surface area (Å²) in [6.07, 6.45) is 7.83. The maximum Gasteiger partial charge on any atom is 0.228 e. The first-order valence-corrected chi connectivity index (χ1v) is 9.23. The van der Waals surface area contributed by atoms with Crippen LogP contribution in [-0.4, -0.2) is 18.4 Å². The number of amides is 2. The molecule has 2 rings (SSSR count). The lowest BCUT2D eigenvalue weighted by Gasteiger charge is -2.06. The van der Waals surface area contributed by atoms with Crippen LogP contribution in [0.15, 0.2) is 47.7 Å². The van der Waals surface area contributed by atoms with Gasteiger partial charge in [0.1, 0.15) is 0 Å². The first-order valence-electron chi connectivity index (χ1n) is 9.23. The van der Waals surface area contributed by atoms with E-state index in [4.69, 9.17) is 0 Å². The highest BCUT2D eigenvalue weighted by molar-refractivity contribution is 5.86. The van der Waals surface area contributed by atoms with E-state index in [1.54, 1.807) is 0 Å². The third-order valence-electron chi connectivity index (χ3n) is 4.22. The summed E-state index contributed by atoms with van der Waals surface area (Å²) in [5.74, 6) is -0.0679. The molecular formula is C21H28N2O2. The summed E-state index contributed by atoms with van der Waals surface area (Å²) >= 11 is 0. The molecule has 1 atom stereocenters. The molecule has 0 unspecified atom stereocenters. The second-order valence-electron chi connectivity index (χ2n) is 6.43. The molecule has 134 valence electrons. The highest BCUT2D eigenvalue weighted by atomic mass is 16.2.